The Kier molecular flexibility index (Phi) is 5.40. The minimum atomic E-state index is -0.627. The topological polar surface area (TPSA) is 114 Å². The van der Waals surface area contributed by atoms with Crippen molar-refractivity contribution in [2.45, 2.75) is 50.0 Å². The van der Waals surface area contributed by atoms with E-state index in [1.165, 1.54) is 11.1 Å². The van der Waals surface area contributed by atoms with Crippen LogP contribution in [0.5, 0.6) is 0 Å². The number of ether oxygens (including phenoxy) is 1. The molecule has 2 bridgehead atoms. The van der Waals surface area contributed by atoms with Crippen molar-refractivity contribution in [3.8, 4) is 0 Å². The van der Waals surface area contributed by atoms with E-state index in [0.29, 0.717) is 49.3 Å². The standard InChI is InChI=1S/C26H31N5O4/c1-31-21(6-9-27-31)23(32)30-22(18-13-15-2-3-16(18)12-15)24(33)28-17-4-5-19-20(14-17)29-25(34)26(19)7-10-35-11-8-26/h4-6,9,14-16,18,22H,2-3,7-8,10-13H2,1H3,(H,28,33)(H,29,34)(H,30,32)/t15-,16+,18?,22?/m0/s1. The van der Waals surface area contributed by atoms with Gasteiger partial charge in [-0.25, -0.2) is 0 Å². The van der Waals surface area contributed by atoms with Crippen molar-refractivity contribution in [2.75, 3.05) is 23.8 Å². The van der Waals surface area contributed by atoms with Crippen molar-refractivity contribution < 1.29 is 19.1 Å². The molecular formula is C26H31N5O4. The van der Waals surface area contributed by atoms with Gasteiger partial charge in [0.1, 0.15) is 11.7 Å². The third-order valence-electron chi connectivity index (χ3n) is 8.68. The molecule has 9 heteroatoms. The Morgan fingerprint density at radius 3 is 2.71 bits per heavy atom. The average Bonchev–Trinajstić information content (AvgIpc) is 3.63. The van der Waals surface area contributed by atoms with Gasteiger partial charge in [0.15, 0.2) is 0 Å². The van der Waals surface area contributed by atoms with Crippen LogP contribution >= 0.6 is 0 Å². The van der Waals surface area contributed by atoms with E-state index in [-0.39, 0.29) is 23.6 Å². The first-order valence-electron chi connectivity index (χ1n) is 12.6. The molecule has 3 fully saturated rings. The predicted octanol–water partition coefficient (Wildman–Crippen LogP) is 2.59. The van der Waals surface area contributed by atoms with Crippen LogP contribution in [0.4, 0.5) is 11.4 Å². The molecule has 9 nitrogen and oxygen atoms in total. The van der Waals surface area contributed by atoms with Crippen molar-refractivity contribution >= 4 is 29.1 Å². The number of benzene rings is 1. The molecule has 184 valence electrons. The molecule has 2 saturated carbocycles. The lowest BCUT2D eigenvalue weighted by molar-refractivity contribution is -0.124. The minimum absolute atomic E-state index is 0.00238. The second-order valence-corrected chi connectivity index (χ2v) is 10.5. The van der Waals surface area contributed by atoms with E-state index in [2.05, 4.69) is 21.0 Å². The summed E-state index contributed by atoms with van der Waals surface area (Å²) in [5.41, 5.74) is 2.20. The first-order valence-corrected chi connectivity index (χ1v) is 12.6. The first kappa shape index (κ1) is 22.3. The molecule has 2 aromatic rings. The fourth-order valence-corrected chi connectivity index (χ4v) is 6.82. The van der Waals surface area contributed by atoms with Crippen molar-refractivity contribution in [1.82, 2.24) is 15.1 Å². The van der Waals surface area contributed by atoms with Crippen molar-refractivity contribution in [1.29, 1.82) is 0 Å². The summed E-state index contributed by atoms with van der Waals surface area (Å²) < 4.78 is 7.00. The van der Waals surface area contributed by atoms with Crippen molar-refractivity contribution in [2.24, 2.45) is 24.8 Å². The highest BCUT2D eigenvalue weighted by Crippen LogP contribution is 2.50. The summed E-state index contributed by atoms with van der Waals surface area (Å²) in [5, 5.41) is 13.1. The van der Waals surface area contributed by atoms with E-state index in [1.807, 2.05) is 18.2 Å². The molecule has 4 atom stereocenters. The van der Waals surface area contributed by atoms with Crippen LogP contribution in [0.3, 0.4) is 0 Å². The third kappa shape index (κ3) is 3.73. The monoisotopic (exact) mass is 477 g/mol. The predicted molar refractivity (Wildman–Crippen MR) is 129 cm³/mol. The maximum absolute atomic E-state index is 13.6. The lowest BCUT2D eigenvalue weighted by Gasteiger charge is -2.31. The van der Waals surface area contributed by atoms with Gasteiger partial charge in [-0.2, -0.15) is 5.10 Å². The Bertz CT molecular complexity index is 1180. The maximum atomic E-state index is 13.6. The van der Waals surface area contributed by atoms with E-state index in [9.17, 15) is 14.4 Å². The summed E-state index contributed by atoms with van der Waals surface area (Å²) in [4.78, 5) is 39.4. The summed E-state index contributed by atoms with van der Waals surface area (Å²) in [6.07, 6.45) is 7.30. The number of fused-ring (bicyclic) bond motifs is 4. The Morgan fingerprint density at radius 1 is 1.20 bits per heavy atom. The highest BCUT2D eigenvalue weighted by Gasteiger charge is 2.48. The fourth-order valence-electron chi connectivity index (χ4n) is 6.82. The number of aromatic nitrogens is 2. The number of amides is 3. The Balaban J connectivity index is 1.23. The zero-order valence-corrected chi connectivity index (χ0v) is 19.9. The summed E-state index contributed by atoms with van der Waals surface area (Å²) in [6.45, 7) is 1.12. The van der Waals surface area contributed by atoms with Gasteiger partial charge in [-0.1, -0.05) is 12.5 Å². The largest absolute Gasteiger partial charge is 0.381 e. The van der Waals surface area contributed by atoms with Gasteiger partial charge in [0.2, 0.25) is 11.8 Å². The van der Waals surface area contributed by atoms with E-state index in [0.717, 1.165) is 30.5 Å². The van der Waals surface area contributed by atoms with Crippen LogP contribution < -0.4 is 16.0 Å². The van der Waals surface area contributed by atoms with Gasteiger partial charge in [-0.3, -0.25) is 19.1 Å². The molecule has 3 N–H and O–H groups in total. The van der Waals surface area contributed by atoms with Gasteiger partial charge in [-0.05, 0) is 73.6 Å². The van der Waals surface area contributed by atoms with Gasteiger partial charge in [0.05, 0.1) is 5.41 Å². The molecule has 1 saturated heterocycles. The fraction of sp³-hybridized carbons (Fsp3) is 0.538. The molecular weight excluding hydrogens is 446 g/mol. The molecule has 1 aromatic carbocycles. The average molecular weight is 478 g/mol. The number of carbonyl (C=O) groups excluding carboxylic acids is 3. The van der Waals surface area contributed by atoms with Crippen LogP contribution in [0.25, 0.3) is 0 Å². The van der Waals surface area contributed by atoms with Crippen LogP contribution in [-0.2, 0) is 26.8 Å². The SMILES string of the molecule is Cn1nccc1C(=O)NC(C(=O)Nc1ccc2c(c1)NC(=O)C21CCOCC1)C1C[C@H]2CC[C@@H]1C2. The minimum Gasteiger partial charge on any atom is -0.381 e. The molecule has 2 aliphatic carbocycles. The number of carbonyl (C=O) groups is 3. The molecule has 0 radical (unpaired) electrons. The number of hydrogen-bond acceptors (Lipinski definition) is 5. The van der Waals surface area contributed by atoms with Crippen LogP contribution in [0.2, 0.25) is 0 Å². The smallest absolute Gasteiger partial charge is 0.270 e. The second-order valence-electron chi connectivity index (χ2n) is 10.5. The molecule has 2 unspecified atom stereocenters. The van der Waals surface area contributed by atoms with Gasteiger partial charge in [0.25, 0.3) is 5.91 Å². The number of nitrogens with zero attached hydrogens (tertiary/aromatic N) is 2. The van der Waals surface area contributed by atoms with Crippen LogP contribution in [0.15, 0.2) is 30.5 Å². The van der Waals surface area contributed by atoms with Crippen molar-refractivity contribution in [3.05, 3.63) is 41.7 Å². The highest BCUT2D eigenvalue weighted by atomic mass is 16.5. The number of aryl methyl sites for hydroxylation is 1. The first-order chi connectivity index (χ1) is 16.9. The van der Waals surface area contributed by atoms with Crippen LogP contribution in [0.1, 0.15) is 54.6 Å². The summed E-state index contributed by atoms with van der Waals surface area (Å²) in [6, 6.07) is 6.65. The van der Waals surface area contributed by atoms with Gasteiger partial charge >= 0.3 is 0 Å². The van der Waals surface area contributed by atoms with E-state index >= 15 is 0 Å². The molecule has 35 heavy (non-hydrogen) atoms. The molecule has 2 aliphatic heterocycles. The van der Waals surface area contributed by atoms with E-state index in [4.69, 9.17) is 4.74 Å². The number of anilines is 2. The molecule has 1 aromatic heterocycles. The van der Waals surface area contributed by atoms with Crippen molar-refractivity contribution in [3.63, 3.8) is 0 Å². The van der Waals surface area contributed by atoms with E-state index in [1.54, 1.807) is 19.3 Å². The summed E-state index contributed by atoms with van der Waals surface area (Å²) in [7, 11) is 1.71. The molecule has 6 rings (SSSR count). The molecule has 3 heterocycles. The molecule has 4 aliphatic rings. The lowest BCUT2D eigenvalue weighted by Crippen LogP contribution is -2.50. The summed E-state index contributed by atoms with van der Waals surface area (Å²) in [5.74, 6) is 0.696. The number of rotatable bonds is 5. The third-order valence-corrected chi connectivity index (χ3v) is 8.68. The molecule has 3 amide bonds. The zero-order valence-electron chi connectivity index (χ0n) is 19.9. The van der Waals surface area contributed by atoms with Gasteiger partial charge < -0.3 is 20.7 Å². The van der Waals surface area contributed by atoms with Gasteiger partial charge in [0, 0.05) is 37.8 Å². The van der Waals surface area contributed by atoms with E-state index < -0.39 is 11.5 Å². The normalized spacial score (nSPS) is 26.9. The second kappa shape index (κ2) is 8.48. The highest BCUT2D eigenvalue weighted by molar-refractivity contribution is 6.07. The van der Waals surface area contributed by atoms with Crippen LogP contribution in [0, 0.1) is 17.8 Å². The maximum Gasteiger partial charge on any atom is 0.270 e. The van der Waals surface area contributed by atoms with Gasteiger partial charge in [-0.15, -0.1) is 0 Å². The quantitative estimate of drug-likeness (QED) is 0.613. The Hall–Kier alpha value is -3.20. The van der Waals surface area contributed by atoms with Crippen LogP contribution in [-0.4, -0.2) is 46.8 Å². The number of nitrogens with one attached hydrogen (secondary N) is 3. The lowest BCUT2D eigenvalue weighted by atomic mass is 9.75. The molecule has 1 spiro atoms. The number of hydrogen-bond donors (Lipinski definition) is 3. The zero-order chi connectivity index (χ0) is 24.2. The summed E-state index contributed by atoms with van der Waals surface area (Å²) >= 11 is 0. The Morgan fingerprint density at radius 2 is 2.03 bits per heavy atom. The Labute approximate surface area is 204 Å².